The van der Waals surface area contributed by atoms with Crippen molar-refractivity contribution in [1.82, 2.24) is 24.9 Å². The first-order chi connectivity index (χ1) is 27.6. The number of nitrogens with zero attached hydrogens (tertiary/aromatic N) is 5. The second-order valence-electron chi connectivity index (χ2n) is 13.7. The van der Waals surface area contributed by atoms with Crippen molar-refractivity contribution in [2.24, 2.45) is 0 Å². The second-order valence-corrected chi connectivity index (χ2v) is 14.7. The number of fused-ring (bicyclic) bond motifs is 4. The topological polar surface area (TPSA) is 77.6 Å². The van der Waals surface area contributed by atoms with Gasteiger partial charge < -0.3 is 4.42 Å². The molecule has 4 heterocycles. The molecule has 0 fully saturated rings. The lowest BCUT2D eigenvalue weighted by atomic mass is 9.90. The number of benzene rings is 5. The van der Waals surface area contributed by atoms with E-state index < -0.39 is 0 Å². The first-order valence-corrected chi connectivity index (χ1v) is 19.3. The number of thiophene rings is 1. The average molecular weight is 740 g/mol. The SMILES string of the molecule is C=Cc1c(C(=C)C2=CC(c3nc(-c4ccccc4)nc4c3sc3ccccc34)=CCC2)oc2ccc(-c3nc(-c4ccccc4)nc(-c4ccccc4)n3)cc12. The summed E-state index contributed by atoms with van der Waals surface area (Å²) >= 11 is 1.74. The van der Waals surface area contributed by atoms with Crippen LogP contribution < -0.4 is 0 Å². The Hall–Kier alpha value is -7.09. The fourth-order valence-corrected chi connectivity index (χ4v) is 8.53. The zero-order valence-electron chi connectivity index (χ0n) is 30.3. The Kier molecular flexibility index (Phi) is 8.34. The molecule has 7 heteroatoms. The lowest BCUT2D eigenvalue weighted by Gasteiger charge is -2.16. The van der Waals surface area contributed by atoms with Gasteiger partial charge in [-0.3, -0.25) is 0 Å². The van der Waals surface area contributed by atoms with Crippen LogP contribution in [0.15, 0.2) is 169 Å². The van der Waals surface area contributed by atoms with Crippen molar-refractivity contribution in [3.8, 4) is 45.6 Å². The smallest absolute Gasteiger partial charge is 0.164 e. The van der Waals surface area contributed by atoms with Gasteiger partial charge in [0.1, 0.15) is 11.3 Å². The number of hydrogen-bond acceptors (Lipinski definition) is 7. The summed E-state index contributed by atoms with van der Waals surface area (Å²) < 4.78 is 8.87. The summed E-state index contributed by atoms with van der Waals surface area (Å²) in [5.41, 5.74) is 10.2. The molecular weight excluding hydrogens is 707 g/mol. The van der Waals surface area contributed by atoms with E-state index in [2.05, 4.69) is 67.8 Å². The van der Waals surface area contributed by atoms with E-state index in [1.54, 1.807) is 11.3 Å². The summed E-state index contributed by atoms with van der Waals surface area (Å²) in [7, 11) is 0. The van der Waals surface area contributed by atoms with Gasteiger partial charge >= 0.3 is 0 Å². The van der Waals surface area contributed by atoms with Crippen LogP contribution in [-0.2, 0) is 0 Å². The number of hydrogen-bond donors (Lipinski definition) is 0. The van der Waals surface area contributed by atoms with Gasteiger partial charge in [-0.25, -0.2) is 24.9 Å². The van der Waals surface area contributed by atoms with Gasteiger partial charge in [0.15, 0.2) is 23.3 Å². The van der Waals surface area contributed by atoms with E-state index in [-0.39, 0.29) is 0 Å². The van der Waals surface area contributed by atoms with E-state index in [9.17, 15) is 0 Å². The van der Waals surface area contributed by atoms with Gasteiger partial charge in [-0.15, -0.1) is 11.3 Å². The van der Waals surface area contributed by atoms with Gasteiger partial charge in [0.2, 0.25) is 0 Å². The first-order valence-electron chi connectivity index (χ1n) is 18.5. The van der Waals surface area contributed by atoms with Crippen molar-refractivity contribution in [1.29, 1.82) is 0 Å². The zero-order chi connectivity index (χ0) is 37.6. The maximum Gasteiger partial charge on any atom is 0.164 e. The van der Waals surface area contributed by atoms with E-state index >= 15 is 0 Å². The predicted octanol–water partition coefficient (Wildman–Crippen LogP) is 12.9. The molecule has 56 heavy (non-hydrogen) atoms. The van der Waals surface area contributed by atoms with Crippen molar-refractivity contribution < 1.29 is 4.42 Å². The number of aromatic nitrogens is 5. The van der Waals surface area contributed by atoms with Crippen LogP contribution in [0.25, 0.3) is 94.0 Å². The van der Waals surface area contributed by atoms with Gasteiger partial charge in [0.25, 0.3) is 0 Å². The Morgan fingerprint density at radius 2 is 1.21 bits per heavy atom. The molecule has 0 saturated carbocycles. The number of furan rings is 1. The standard InChI is InChI=1S/C49H33N5OS/c1-3-37-39-29-36(49-53-47(32-18-9-5-10-19-32)52-48(54-49)33-20-11-6-12-21-33)26-27-40(39)55-44(37)30(2)34-22-15-23-35(28-34)42-45-43(38-24-13-14-25-41(38)56-45)51-46(50-42)31-16-7-4-8-17-31/h3-14,16-21,23-29H,1-2,15,22H2. The highest BCUT2D eigenvalue weighted by Gasteiger charge is 2.23. The molecule has 0 radical (unpaired) electrons. The average Bonchev–Trinajstić information content (AvgIpc) is 3.84. The Balaban J connectivity index is 1.05. The molecule has 0 unspecified atom stereocenters. The van der Waals surface area contributed by atoms with E-state index in [0.29, 0.717) is 29.1 Å². The summed E-state index contributed by atoms with van der Waals surface area (Å²) in [6.07, 6.45) is 8.02. The fraction of sp³-hybridized carbons (Fsp3) is 0.0408. The summed E-state index contributed by atoms with van der Waals surface area (Å²) in [6, 6.07) is 44.7. The summed E-state index contributed by atoms with van der Waals surface area (Å²) in [4.78, 5) is 25.1. The summed E-state index contributed by atoms with van der Waals surface area (Å²) in [5.74, 6) is 3.21. The summed E-state index contributed by atoms with van der Waals surface area (Å²) in [6.45, 7) is 8.83. The minimum absolute atomic E-state index is 0.577. The zero-order valence-corrected chi connectivity index (χ0v) is 31.1. The normalized spacial score (nSPS) is 12.9. The molecule has 0 amide bonds. The molecular formula is C49H33N5OS. The molecule has 0 aliphatic heterocycles. The fourth-order valence-electron chi connectivity index (χ4n) is 7.37. The molecule has 0 bridgehead atoms. The van der Waals surface area contributed by atoms with Gasteiger partial charge in [-0.1, -0.05) is 135 Å². The van der Waals surface area contributed by atoms with Gasteiger partial charge in [-0.05, 0) is 54.3 Å². The summed E-state index contributed by atoms with van der Waals surface area (Å²) in [5, 5.41) is 2.06. The minimum Gasteiger partial charge on any atom is -0.455 e. The molecule has 9 aromatic rings. The number of rotatable bonds is 8. The van der Waals surface area contributed by atoms with Crippen LogP contribution >= 0.6 is 11.3 Å². The van der Waals surface area contributed by atoms with E-state index in [0.717, 1.165) is 89.6 Å². The minimum atomic E-state index is 0.577. The van der Waals surface area contributed by atoms with Crippen LogP contribution in [0.3, 0.4) is 0 Å². The van der Waals surface area contributed by atoms with E-state index in [4.69, 9.17) is 29.3 Å². The third-order valence-corrected chi connectivity index (χ3v) is 11.3. The van der Waals surface area contributed by atoms with Crippen molar-refractivity contribution in [2.45, 2.75) is 12.8 Å². The van der Waals surface area contributed by atoms with Crippen molar-refractivity contribution in [3.63, 3.8) is 0 Å². The lowest BCUT2D eigenvalue weighted by molar-refractivity contribution is 0.599. The highest BCUT2D eigenvalue weighted by Crippen LogP contribution is 2.42. The molecule has 0 atom stereocenters. The molecule has 0 spiro atoms. The van der Waals surface area contributed by atoms with Crippen molar-refractivity contribution in [2.75, 3.05) is 0 Å². The van der Waals surface area contributed by atoms with Gasteiger partial charge in [0.05, 0.1) is 15.9 Å². The van der Waals surface area contributed by atoms with E-state index in [1.807, 2.05) is 97.1 Å². The quantitative estimate of drug-likeness (QED) is 0.154. The van der Waals surface area contributed by atoms with Crippen LogP contribution in [-0.4, -0.2) is 24.9 Å². The molecule has 4 aromatic heterocycles. The molecule has 6 nitrogen and oxygen atoms in total. The maximum absolute atomic E-state index is 6.60. The monoisotopic (exact) mass is 739 g/mol. The molecule has 5 aromatic carbocycles. The van der Waals surface area contributed by atoms with Crippen LogP contribution in [0.2, 0.25) is 0 Å². The lowest BCUT2D eigenvalue weighted by Crippen LogP contribution is -2.00. The Morgan fingerprint density at radius 3 is 1.86 bits per heavy atom. The van der Waals surface area contributed by atoms with Gasteiger partial charge in [-0.2, -0.15) is 0 Å². The largest absolute Gasteiger partial charge is 0.455 e. The van der Waals surface area contributed by atoms with E-state index in [1.165, 1.54) is 4.70 Å². The molecule has 266 valence electrons. The van der Waals surface area contributed by atoms with Crippen LogP contribution in [0.4, 0.5) is 0 Å². The molecule has 0 saturated heterocycles. The third-order valence-electron chi connectivity index (χ3n) is 10.2. The highest BCUT2D eigenvalue weighted by atomic mass is 32.1. The molecule has 10 rings (SSSR count). The number of allylic oxidation sites excluding steroid dienone is 5. The molecule has 1 aliphatic carbocycles. The van der Waals surface area contributed by atoms with Crippen molar-refractivity contribution >= 4 is 59.8 Å². The van der Waals surface area contributed by atoms with Crippen LogP contribution in [0, 0.1) is 0 Å². The Bertz CT molecular complexity index is 2990. The molecule has 1 aliphatic rings. The van der Waals surface area contributed by atoms with Crippen LogP contribution in [0.1, 0.15) is 29.9 Å². The highest BCUT2D eigenvalue weighted by molar-refractivity contribution is 7.26. The Labute approximate surface area is 327 Å². The maximum atomic E-state index is 6.60. The van der Waals surface area contributed by atoms with Crippen molar-refractivity contribution in [3.05, 3.63) is 181 Å². The third kappa shape index (κ3) is 5.95. The predicted molar refractivity (Wildman–Crippen MR) is 231 cm³/mol. The Morgan fingerprint density at radius 1 is 0.625 bits per heavy atom. The van der Waals surface area contributed by atoms with Gasteiger partial charge in [0, 0.05) is 48.9 Å². The second kappa shape index (κ2) is 14.0. The molecule has 0 N–H and O–H groups in total. The first kappa shape index (κ1) is 33.5. The van der Waals surface area contributed by atoms with Crippen LogP contribution in [0.5, 0.6) is 0 Å².